The quantitative estimate of drug-likeness (QED) is 0.880. The van der Waals surface area contributed by atoms with Crippen LogP contribution in [-0.2, 0) is 15.6 Å². The topological polar surface area (TPSA) is 52.9 Å². The molecular formula is C18H15BrN2O. The summed E-state index contributed by atoms with van der Waals surface area (Å²) < 4.78 is 0.891. The van der Waals surface area contributed by atoms with E-state index >= 15 is 0 Å². The van der Waals surface area contributed by atoms with Gasteiger partial charge in [0.15, 0.2) is 0 Å². The van der Waals surface area contributed by atoms with Crippen molar-refractivity contribution < 1.29 is 4.79 Å². The molecule has 2 aromatic carbocycles. The maximum atomic E-state index is 12.7. The molecule has 1 N–H and O–H groups in total. The molecular weight excluding hydrogens is 340 g/mol. The number of nitrogens with one attached hydrogen (secondary N) is 1. The predicted molar refractivity (Wildman–Crippen MR) is 89.5 cm³/mol. The van der Waals surface area contributed by atoms with Crippen LogP contribution in [-0.4, -0.2) is 5.91 Å². The number of hydrogen-bond donors (Lipinski definition) is 1. The summed E-state index contributed by atoms with van der Waals surface area (Å²) in [5.74, 6) is -0.141. The van der Waals surface area contributed by atoms with Gasteiger partial charge in [-0.3, -0.25) is 4.79 Å². The van der Waals surface area contributed by atoms with Gasteiger partial charge >= 0.3 is 0 Å². The second-order valence-electron chi connectivity index (χ2n) is 5.87. The molecule has 3 nitrogen and oxygen atoms in total. The van der Waals surface area contributed by atoms with E-state index in [1.54, 1.807) is 0 Å². The van der Waals surface area contributed by atoms with Crippen molar-refractivity contribution in [2.24, 2.45) is 0 Å². The molecule has 0 spiro atoms. The van der Waals surface area contributed by atoms with Gasteiger partial charge in [0, 0.05) is 10.2 Å². The molecule has 110 valence electrons. The second kappa shape index (κ2) is 4.96. The van der Waals surface area contributed by atoms with E-state index in [9.17, 15) is 10.1 Å². The smallest absolute Gasteiger partial charge is 0.236 e. The van der Waals surface area contributed by atoms with Gasteiger partial charge in [0.25, 0.3) is 0 Å². The van der Waals surface area contributed by atoms with Crippen LogP contribution in [0.5, 0.6) is 0 Å². The van der Waals surface area contributed by atoms with Gasteiger partial charge in [0.2, 0.25) is 5.91 Å². The molecule has 0 bridgehead atoms. The zero-order chi connectivity index (χ0) is 16.0. The van der Waals surface area contributed by atoms with Gasteiger partial charge in [-0.2, -0.15) is 5.26 Å². The highest BCUT2D eigenvalue weighted by molar-refractivity contribution is 9.10. The molecule has 0 unspecified atom stereocenters. The fourth-order valence-electron chi connectivity index (χ4n) is 3.16. The molecule has 0 fully saturated rings. The van der Waals surface area contributed by atoms with Crippen LogP contribution < -0.4 is 5.32 Å². The summed E-state index contributed by atoms with van der Waals surface area (Å²) >= 11 is 3.45. The Labute approximate surface area is 138 Å². The summed E-state index contributed by atoms with van der Waals surface area (Å²) in [5.41, 5.74) is 0.543. The molecule has 0 saturated heterocycles. The highest BCUT2D eigenvalue weighted by atomic mass is 79.9. The number of benzene rings is 2. The van der Waals surface area contributed by atoms with Gasteiger partial charge < -0.3 is 5.32 Å². The van der Waals surface area contributed by atoms with Gasteiger partial charge in [-0.15, -0.1) is 0 Å². The van der Waals surface area contributed by atoms with Crippen LogP contribution in [0.3, 0.4) is 0 Å². The van der Waals surface area contributed by atoms with Crippen LogP contribution in [0.4, 0.5) is 5.69 Å². The molecule has 22 heavy (non-hydrogen) atoms. The largest absolute Gasteiger partial charge is 0.325 e. The van der Waals surface area contributed by atoms with Gasteiger partial charge in [-0.25, -0.2) is 0 Å². The molecule has 0 saturated carbocycles. The number of nitriles is 1. The van der Waals surface area contributed by atoms with E-state index in [-0.39, 0.29) is 5.91 Å². The average Bonchev–Trinajstić information content (AvgIpc) is 2.79. The van der Waals surface area contributed by atoms with E-state index in [4.69, 9.17) is 0 Å². The van der Waals surface area contributed by atoms with Crippen LogP contribution in [0.2, 0.25) is 0 Å². The number of carbonyl (C=O) groups excluding carboxylic acids is 1. The monoisotopic (exact) mass is 354 g/mol. The van der Waals surface area contributed by atoms with Crippen molar-refractivity contribution in [2.45, 2.75) is 24.7 Å². The predicted octanol–water partition coefficient (Wildman–Crippen LogP) is 4.14. The summed E-state index contributed by atoms with van der Waals surface area (Å²) in [7, 11) is 0. The fourth-order valence-corrected chi connectivity index (χ4v) is 3.56. The minimum Gasteiger partial charge on any atom is -0.325 e. The lowest BCUT2D eigenvalue weighted by atomic mass is 9.60. The van der Waals surface area contributed by atoms with E-state index in [0.29, 0.717) is 0 Å². The third-order valence-electron chi connectivity index (χ3n) is 4.79. The maximum absolute atomic E-state index is 12.7. The van der Waals surface area contributed by atoms with Crippen LogP contribution in [0.1, 0.15) is 25.0 Å². The van der Waals surface area contributed by atoms with E-state index in [0.717, 1.165) is 21.3 Å². The molecule has 0 radical (unpaired) electrons. The number of fused-ring (bicyclic) bond motifs is 1. The van der Waals surface area contributed by atoms with E-state index in [1.165, 1.54) is 0 Å². The Kier molecular flexibility index (Phi) is 3.34. The number of amides is 1. The third kappa shape index (κ3) is 1.82. The van der Waals surface area contributed by atoms with Crippen molar-refractivity contribution in [3.63, 3.8) is 0 Å². The highest BCUT2D eigenvalue weighted by Gasteiger charge is 2.56. The van der Waals surface area contributed by atoms with E-state index in [2.05, 4.69) is 27.3 Å². The third-order valence-corrected chi connectivity index (χ3v) is 5.29. The number of nitrogens with zero attached hydrogens (tertiary/aromatic N) is 1. The molecule has 1 aliphatic heterocycles. The first-order valence-electron chi connectivity index (χ1n) is 7.02. The highest BCUT2D eigenvalue weighted by Crippen LogP contribution is 2.50. The first kappa shape index (κ1) is 14.8. The minimum atomic E-state index is -0.979. The summed E-state index contributed by atoms with van der Waals surface area (Å²) in [5, 5.41) is 12.9. The number of anilines is 1. The molecule has 2 aromatic rings. The summed E-state index contributed by atoms with van der Waals surface area (Å²) in [6, 6.07) is 17.6. The number of rotatable bonds is 2. The molecule has 1 aliphatic rings. The first-order chi connectivity index (χ1) is 10.4. The molecule has 0 aliphatic carbocycles. The van der Waals surface area contributed by atoms with Crippen LogP contribution >= 0.6 is 15.9 Å². The molecule has 3 rings (SSSR count). The fraction of sp³-hybridized carbons (Fsp3) is 0.222. The maximum Gasteiger partial charge on any atom is 0.236 e. The van der Waals surface area contributed by atoms with Crippen LogP contribution in [0.25, 0.3) is 0 Å². The lowest BCUT2D eigenvalue weighted by molar-refractivity contribution is -0.121. The minimum absolute atomic E-state index is 0.141. The number of para-hydroxylation sites is 1. The van der Waals surface area contributed by atoms with E-state index in [1.807, 2.05) is 62.4 Å². The summed E-state index contributed by atoms with van der Waals surface area (Å²) in [6.07, 6.45) is 0. The molecule has 1 heterocycles. The van der Waals surface area contributed by atoms with Crippen molar-refractivity contribution >= 4 is 27.5 Å². The van der Waals surface area contributed by atoms with Gasteiger partial charge in [-0.05, 0) is 43.2 Å². The SMILES string of the molecule is C[C@](C#N)(c1cccc(Br)c1)[C@@]1(C)C(=O)Nc2ccccc21. The zero-order valence-electron chi connectivity index (χ0n) is 12.4. The summed E-state index contributed by atoms with van der Waals surface area (Å²) in [6.45, 7) is 3.68. The molecule has 1 amide bonds. The average molecular weight is 355 g/mol. The molecule has 2 atom stereocenters. The Morgan fingerprint density at radius 3 is 2.64 bits per heavy atom. The Morgan fingerprint density at radius 2 is 1.95 bits per heavy atom. The van der Waals surface area contributed by atoms with Crippen molar-refractivity contribution in [1.29, 1.82) is 5.26 Å². The Hall–Kier alpha value is -2.12. The van der Waals surface area contributed by atoms with E-state index < -0.39 is 10.8 Å². The zero-order valence-corrected chi connectivity index (χ0v) is 13.9. The van der Waals surface area contributed by atoms with Crippen molar-refractivity contribution in [3.8, 4) is 6.07 Å². The summed E-state index contributed by atoms with van der Waals surface area (Å²) in [4.78, 5) is 12.7. The number of hydrogen-bond acceptors (Lipinski definition) is 2. The number of carbonyl (C=O) groups is 1. The van der Waals surface area contributed by atoms with Gasteiger partial charge in [0.05, 0.1) is 16.9 Å². The molecule has 0 aromatic heterocycles. The Balaban J connectivity index is 2.27. The van der Waals surface area contributed by atoms with Crippen LogP contribution in [0, 0.1) is 11.3 Å². The standard InChI is InChI=1S/C18H15BrN2O/c1-17(11-20,12-6-5-7-13(19)10-12)18(2)14-8-3-4-9-15(14)21-16(18)22/h3-10H,1-2H3,(H,21,22)/t17-,18+/m0/s1. The molecule has 4 heteroatoms. The Bertz CT molecular complexity index is 811. The van der Waals surface area contributed by atoms with Gasteiger partial charge in [-0.1, -0.05) is 46.3 Å². The van der Waals surface area contributed by atoms with Gasteiger partial charge in [0.1, 0.15) is 0 Å². The second-order valence-corrected chi connectivity index (χ2v) is 6.79. The first-order valence-corrected chi connectivity index (χ1v) is 7.81. The van der Waals surface area contributed by atoms with Crippen molar-refractivity contribution in [3.05, 3.63) is 64.1 Å². The normalized spacial score (nSPS) is 22.4. The van der Waals surface area contributed by atoms with Crippen LogP contribution in [0.15, 0.2) is 53.0 Å². The Morgan fingerprint density at radius 1 is 1.23 bits per heavy atom. The number of halogens is 1. The van der Waals surface area contributed by atoms with Crippen molar-refractivity contribution in [2.75, 3.05) is 5.32 Å². The lowest BCUT2D eigenvalue weighted by Crippen LogP contribution is -2.49. The van der Waals surface area contributed by atoms with Crippen molar-refractivity contribution in [1.82, 2.24) is 0 Å². The lowest BCUT2D eigenvalue weighted by Gasteiger charge is -2.37.